The minimum atomic E-state index is -0.423. The van der Waals surface area contributed by atoms with E-state index in [0.717, 1.165) is 10.7 Å². The summed E-state index contributed by atoms with van der Waals surface area (Å²) in [4.78, 5) is 34.5. The number of anilines is 2. The van der Waals surface area contributed by atoms with Gasteiger partial charge >= 0.3 is 5.97 Å². The Hall–Kier alpha value is -3.14. The van der Waals surface area contributed by atoms with Gasteiger partial charge in [0.05, 0.1) is 17.8 Å². The Labute approximate surface area is 153 Å². The Balaban J connectivity index is 1.59. The lowest BCUT2D eigenvalue weighted by Gasteiger charge is -2.11. The predicted molar refractivity (Wildman–Crippen MR) is 97.4 cm³/mol. The highest BCUT2D eigenvalue weighted by Crippen LogP contribution is 2.21. The lowest BCUT2D eigenvalue weighted by Crippen LogP contribution is -2.17. The van der Waals surface area contributed by atoms with Crippen molar-refractivity contribution in [2.24, 2.45) is 0 Å². The highest BCUT2D eigenvalue weighted by atomic mass is 32.1. The first-order chi connectivity index (χ1) is 12.5. The highest BCUT2D eigenvalue weighted by molar-refractivity contribution is 7.13. The van der Waals surface area contributed by atoms with Crippen LogP contribution in [0.15, 0.2) is 29.8 Å². The largest absolute Gasteiger partial charge is 0.457 e. The van der Waals surface area contributed by atoms with E-state index in [0.29, 0.717) is 17.5 Å². The molecular formula is C16H17N7O2S. The van der Waals surface area contributed by atoms with Gasteiger partial charge in [-0.05, 0) is 12.1 Å². The number of ether oxygens (including phenoxy) is 1. The summed E-state index contributed by atoms with van der Waals surface area (Å²) in [5.41, 5.74) is 7.04. The molecule has 3 heterocycles. The Morgan fingerprint density at radius 1 is 1.23 bits per heavy atom. The molecular weight excluding hydrogens is 354 g/mol. The minimum Gasteiger partial charge on any atom is -0.457 e. The summed E-state index contributed by atoms with van der Waals surface area (Å²) in [5, 5.41) is 2.57. The molecule has 0 radical (unpaired) electrons. The molecule has 10 heteroatoms. The van der Waals surface area contributed by atoms with Crippen molar-refractivity contribution in [2.45, 2.75) is 13.0 Å². The molecule has 0 saturated carbocycles. The van der Waals surface area contributed by atoms with Crippen molar-refractivity contribution in [1.82, 2.24) is 24.9 Å². The molecule has 0 spiro atoms. The summed E-state index contributed by atoms with van der Waals surface area (Å²) in [6.45, 7) is -0.0797. The number of hydrogen-bond acceptors (Lipinski definition) is 10. The van der Waals surface area contributed by atoms with Crippen molar-refractivity contribution in [3.63, 3.8) is 0 Å². The number of pyridine rings is 1. The van der Waals surface area contributed by atoms with E-state index in [-0.39, 0.29) is 19.0 Å². The van der Waals surface area contributed by atoms with E-state index >= 15 is 0 Å². The van der Waals surface area contributed by atoms with E-state index in [2.05, 4.69) is 24.9 Å². The summed E-state index contributed by atoms with van der Waals surface area (Å²) in [6, 6.07) is 5.60. The molecule has 0 aliphatic carbocycles. The van der Waals surface area contributed by atoms with Crippen LogP contribution in [0.1, 0.15) is 11.5 Å². The van der Waals surface area contributed by atoms with Crippen molar-refractivity contribution in [3.05, 3.63) is 41.3 Å². The van der Waals surface area contributed by atoms with Crippen LogP contribution in [-0.2, 0) is 22.6 Å². The van der Waals surface area contributed by atoms with Crippen LogP contribution >= 0.6 is 11.3 Å². The maximum Gasteiger partial charge on any atom is 0.312 e. The first-order valence-corrected chi connectivity index (χ1v) is 8.58. The summed E-state index contributed by atoms with van der Waals surface area (Å²) in [6.07, 6.45) is 1.76. The zero-order valence-corrected chi connectivity index (χ0v) is 15.1. The summed E-state index contributed by atoms with van der Waals surface area (Å²) in [5.74, 6) is 0.354. The Bertz CT molecular complexity index is 899. The van der Waals surface area contributed by atoms with Gasteiger partial charge in [-0.2, -0.15) is 15.0 Å². The van der Waals surface area contributed by atoms with Gasteiger partial charge < -0.3 is 15.4 Å². The quantitative estimate of drug-likeness (QED) is 0.640. The smallest absolute Gasteiger partial charge is 0.312 e. The lowest BCUT2D eigenvalue weighted by molar-refractivity contribution is -0.144. The highest BCUT2D eigenvalue weighted by Gasteiger charge is 2.13. The van der Waals surface area contributed by atoms with Crippen molar-refractivity contribution in [3.8, 4) is 10.7 Å². The summed E-state index contributed by atoms with van der Waals surface area (Å²) >= 11 is 1.43. The third kappa shape index (κ3) is 4.48. The van der Waals surface area contributed by atoms with E-state index < -0.39 is 5.97 Å². The molecule has 3 rings (SSSR count). The first-order valence-electron chi connectivity index (χ1n) is 7.70. The van der Waals surface area contributed by atoms with Crippen LogP contribution in [0.25, 0.3) is 10.7 Å². The number of nitrogens with zero attached hydrogens (tertiary/aromatic N) is 6. The average Bonchev–Trinajstić information content (AvgIpc) is 3.09. The second-order valence-electron chi connectivity index (χ2n) is 5.50. The van der Waals surface area contributed by atoms with E-state index in [1.165, 1.54) is 11.3 Å². The molecule has 134 valence electrons. The average molecular weight is 371 g/mol. The minimum absolute atomic E-state index is 0.0600. The fraction of sp³-hybridized carbons (Fsp3) is 0.250. The molecule has 0 unspecified atom stereocenters. The van der Waals surface area contributed by atoms with E-state index in [1.54, 1.807) is 25.2 Å². The molecule has 0 aliphatic rings. The van der Waals surface area contributed by atoms with E-state index in [4.69, 9.17) is 10.5 Å². The zero-order chi connectivity index (χ0) is 18.5. The Kier molecular flexibility index (Phi) is 5.32. The van der Waals surface area contributed by atoms with Gasteiger partial charge in [0.25, 0.3) is 0 Å². The maximum absolute atomic E-state index is 12.0. The van der Waals surface area contributed by atoms with Crippen LogP contribution in [0.5, 0.6) is 0 Å². The number of carbonyl (C=O) groups is 1. The van der Waals surface area contributed by atoms with Crippen LogP contribution in [0.3, 0.4) is 0 Å². The number of aromatic nitrogens is 5. The van der Waals surface area contributed by atoms with Gasteiger partial charge in [-0.3, -0.25) is 9.78 Å². The summed E-state index contributed by atoms with van der Waals surface area (Å²) in [7, 11) is 3.57. The number of hydrogen-bond donors (Lipinski definition) is 1. The van der Waals surface area contributed by atoms with Crippen molar-refractivity contribution in [1.29, 1.82) is 0 Å². The number of nitrogens with two attached hydrogens (primary N) is 1. The first kappa shape index (κ1) is 17.7. The topological polar surface area (TPSA) is 120 Å². The molecule has 9 nitrogen and oxygen atoms in total. The maximum atomic E-state index is 12.0. The standard InChI is InChI=1S/C16H17N7O2S/c1-23(2)16-21-12(20-15(17)22-16)8-25-13(24)7-10-9-26-14(19-10)11-5-3-4-6-18-11/h3-6,9H,7-8H2,1-2H3,(H2,17,20,21,22). The molecule has 0 bridgehead atoms. The number of carbonyl (C=O) groups excluding carboxylic acids is 1. The van der Waals surface area contributed by atoms with Gasteiger partial charge in [-0.25, -0.2) is 4.98 Å². The van der Waals surface area contributed by atoms with Gasteiger partial charge in [-0.1, -0.05) is 6.07 Å². The summed E-state index contributed by atoms with van der Waals surface area (Å²) < 4.78 is 5.22. The fourth-order valence-electron chi connectivity index (χ4n) is 2.03. The monoisotopic (exact) mass is 371 g/mol. The van der Waals surface area contributed by atoms with Crippen LogP contribution in [0, 0.1) is 0 Å². The van der Waals surface area contributed by atoms with Gasteiger partial charge in [0.2, 0.25) is 11.9 Å². The van der Waals surface area contributed by atoms with Crippen LogP contribution in [0.4, 0.5) is 11.9 Å². The third-order valence-corrected chi connectivity index (χ3v) is 4.12. The van der Waals surface area contributed by atoms with Crippen LogP contribution in [-0.4, -0.2) is 45.0 Å². The molecule has 2 N–H and O–H groups in total. The molecule has 0 saturated heterocycles. The third-order valence-electron chi connectivity index (χ3n) is 3.21. The number of nitrogen functional groups attached to an aromatic ring is 1. The molecule has 3 aromatic rings. The second-order valence-corrected chi connectivity index (χ2v) is 6.36. The van der Waals surface area contributed by atoms with Crippen molar-refractivity contribution in [2.75, 3.05) is 24.7 Å². The SMILES string of the molecule is CN(C)c1nc(N)nc(COC(=O)Cc2csc(-c3ccccn3)n2)n1. The number of thiazole rings is 1. The number of rotatable bonds is 6. The van der Waals surface area contributed by atoms with E-state index in [9.17, 15) is 4.79 Å². The van der Waals surface area contributed by atoms with Gasteiger partial charge in [0.1, 0.15) is 5.01 Å². The fourth-order valence-corrected chi connectivity index (χ4v) is 2.82. The van der Waals surface area contributed by atoms with Crippen LogP contribution < -0.4 is 10.6 Å². The van der Waals surface area contributed by atoms with Crippen molar-refractivity contribution >= 4 is 29.2 Å². The molecule has 0 atom stereocenters. The Morgan fingerprint density at radius 2 is 2.08 bits per heavy atom. The molecule has 0 aliphatic heterocycles. The van der Waals surface area contributed by atoms with Gasteiger partial charge in [-0.15, -0.1) is 11.3 Å². The van der Waals surface area contributed by atoms with Gasteiger partial charge in [0, 0.05) is 25.7 Å². The Morgan fingerprint density at radius 3 is 2.81 bits per heavy atom. The second kappa shape index (κ2) is 7.83. The van der Waals surface area contributed by atoms with Gasteiger partial charge in [0.15, 0.2) is 12.4 Å². The number of esters is 1. The molecule has 0 amide bonds. The lowest BCUT2D eigenvalue weighted by atomic mass is 10.3. The predicted octanol–water partition coefficient (Wildman–Crippen LogP) is 1.32. The molecule has 0 fully saturated rings. The van der Waals surface area contributed by atoms with Crippen molar-refractivity contribution < 1.29 is 9.53 Å². The molecule has 0 aromatic carbocycles. The molecule has 3 aromatic heterocycles. The van der Waals surface area contributed by atoms with Crippen LogP contribution in [0.2, 0.25) is 0 Å². The molecule has 26 heavy (non-hydrogen) atoms. The normalized spacial score (nSPS) is 10.5. The van der Waals surface area contributed by atoms with E-state index in [1.807, 2.05) is 23.6 Å². The zero-order valence-electron chi connectivity index (χ0n) is 14.3.